The zero-order valence-electron chi connectivity index (χ0n) is 15.5. The third-order valence-electron chi connectivity index (χ3n) is 5.80. The van der Waals surface area contributed by atoms with Gasteiger partial charge < -0.3 is 14.2 Å². The molecule has 0 amide bonds. The molecule has 1 aliphatic carbocycles. The van der Waals surface area contributed by atoms with Crippen molar-refractivity contribution in [2.24, 2.45) is 5.92 Å². The van der Waals surface area contributed by atoms with Gasteiger partial charge in [-0.3, -0.25) is 4.79 Å². The Morgan fingerprint density at radius 1 is 1.04 bits per heavy atom. The molecule has 0 spiro atoms. The molecule has 0 aromatic heterocycles. The highest BCUT2D eigenvalue weighted by atomic mass is 16.6. The van der Waals surface area contributed by atoms with Gasteiger partial charge in [0.25, 0.3) is 0 Å². The summed E-state index contributed by atoms with van der Waals surface area (Å²) < 4.78 is 17.8. The number of Topliss-reactive ketones (excluding diaryl/α,β-unsaturated/α-hetero) is 1. The molecule has 0 radical (unpaired) electrons. The largest absolute Gasteiger partial charge is 0.456 e. The van der Waals surface area contributed by atoms with Crippen molar-refractivity contribution in [3.63, 3.8) is 0 Å². The van der Waals surface area contributed by atoms with E-state index in [4.69, 9.17) is 14.2 Å². The predicted octanol–water partition coefficient (Wildman–Crippen LogP) is 3.41. The number of methoxy groups -OCH3 is 1. The number of hydrogen-bond donors (Lipinski definition) is 0. The third kappa shape index (κ3) is 3.11. The van der Waals surface area contributed by atoms with Crippen LogP contribution >= 0.6 is 0 Å². The molecule has 25 heavy (non-hydrogen) atoms. The van der Waals surface area contributed by atoms with E-state index in [1.54, 1.807) is 31.4 Å². The smallest absolute Gasteiger partial charge is 0.338 e. The highest BCUT2D eigenvalue weighted by molar-refractivity contribution is 5.96. The molecule has 1 aromatic rings. The minimum atomic E-state index is -0.665. The molecule has 0 N–H and O–H groups in total. The van der Waals surface area contributed by atoms with E-state index >= 15 is 0 Å². The maximum atomic E-state index is 12.6. The van der Waals surface area contributed by atoms with Crippen LogP contribution in [0, 0.1) is 5.92 Å². The number of carbonyl (C=O) groups excluding carboxylic acids is 2. The quantitative estimate of drug-likeness (QED) is 0.618. The molecule has 3 fully saturated rings. The molecule has 2 bridgehead atoms. The fourth-order valence-electron chi connectivity index (χ4n) is 4.17. The van der Waals surface area contributed by atoms with E-state index in [0.29, 0.717) is 11.1 Å². The summed E-state index contributed by atoms with van der Waals surface area (Å²) in [6.45, 7) is 7.63. The van der Waals surface area contributed by atoms with Crippen LogP contribution in [0.1, 0.15) is 61.3 Å². The van der Waals surface area contributed by atoms with Crippen LogP contribution < -0.4 is 0 Å². The number of carbonyl (C=O) groups is 2. The predicted molar refractivity (Wildman–Crippen MR) is 92.7 cm³/mol. The molecule has 4 rings (SSSR count). The zero-order valence-corrected chi connectivity index (χ0v) is 15.5. The fourth-order valence-corrected chi connectivity index (χ4v) is 4.17. The van der Waals surface area contributed by atoms with Crippen molar-refractivity contribution >= 4 is 11.8 Å². The number of ketones is 1. The van der Waals surface area contributed by atoms with Crippen molar-refractivity contribution in [2.45, 2.75) is 63.9 Å². The van der Waals surface area contributed by atoms with Gasteiger partial charge in [0.15, 0.2) is 5.78 Å². The second-order valence-corrected chi connectivity index (χ2v) is 7.81. The molecule has 4 unspecified atom stereocenters. The summed E-state index contributed by atoms with van der Waals surface area (Å²) in [5.41, 5.74) is 0.0886. The number of benzene rings is 1. The molecular weight excluding hydrogens is 320 g/mol. The van der Waals surface area contributed by atoms with Crippen LogP contribution in [0.25, 0.3) is 0 Å². The highest BCUT2D eigenvalue weighted by Gasteiger charge is 2.61. The minimum Gasteiger partial charge on any atom is -0.456 e. The highest BCUT2D eigenvalue weighted by Crippen LogP contribution is 2.51. The summed E-state index contributed by atoms with van der Waals surface area (Å²) in [6.07, 6.45) is 1.21. The number of rotatable bonds is 4. The normalized spacial score (nSPS) is 33.1. The van der Waals surface area contributed by atoms with Crippen LogP contribution in [0.5, 0.6) is 0 Å². The summed E-state index contributed by atoms with van der Waals surface area (Å²) in [7, 11) is 1.67. The van der Waals surface area contributed by atoms with Crippen molar-refractivity contribution < 1.29 is 23.8 Å². The van der Waals surface area contributed by atoms with Crippen LogP contribution in [0.3, 0.4) is 0 Å². The summed E-state index contributed by atoms with van der Waals surface area (Å²) in [5, 5.41) is 0. The SMILES string of the molecule is COC1CC2CC(OC(=O)c3ccc(C(C)=O)cc3)C1(C)OC2(C)C. The molecule has 2 heterocycles. The van der Waals surface area contributed by atoms with E-state index in [9.17, 15) is 9.59 Å². The van der Waals surface area contributed by atoms with Gasteiger partial charge in [-0.25, -0.2) is 4.79 Å². The maximum absolute atomic E-state index is 12.6. The molecule has 5 heteroatoms. The van der Waals surface area contributed by atoms with Gasteiger partial charge in [0.1, 0.15) is 11.7 Å². The van der Waals surface area contributed by atoms with E-state index in [2.05, 4.69) is 13.8 Å². The van der Waals surface area contributed by atoms with E-state index in [1.807, 2.05) is 6.92 Å². The first kappa shape index (κ1) is 18.1. The van der Waals surface area contributed by atoms with Crippen molar-refractivity contribution in [1.82, 2.24) is 0 Å². The molecule has 1 aromatic carbocycles. The zero-order chi connectivity index (χ0) is 18.4. The van der Waals surface area contributed by atoms with Gasteiger partial charge in [0, 0.05) is 12.7 Å². The lowest BCUT2D eigenvalue weighted by molar-refractivity contribution is -0.314. The molecule has 2 aliphatic heterocycles. The van der Waals surface area contributed by atoms with Crippen molar-refractivity contribution in [3.8, 4) is 0 Å². The Morgan fingerprint density at radius 2 is 1.60 bits per heavy atom. The number of hydrogen-bond acceptors (Lipinski definition) is 5. The van der Waals surface area contributed by atoms with E-state index in [-0.39, 0.29) is 29.5 Å². The van der Waals surface area contributed by atoms with Crippen LogP contribution in [-0.2, 0) is 14.2 Å². The topological polar surface area (TPSA) is 61.8 Å². The average Bonchev–Trinajstić information content (AvgIpc) is 2.55. The fraction of sp³-hybridized carbons (Fsp3) is 0.600. The maximum Gasteiger partial charge on any atom is 0.338 e. The van der Waals surface area contributed by atoms with Gasteiger partial charge in [-0.15, -0.1) is 0 Å². The molecular formula is C20H26O5. The Balaban J connectivity index is 1.78. The van der Waals surface area contributed by atoms with Gasteiger partial charge in [0.2, 0.25) is 0 Å². The molecule has 136 valence electrons. The molecule has 3 aliphatic rings. The Bertz CT molecular complexity index is 678. The first-order valence-electron chi connectivity index (χ1n) is 8.72. The first-order valence-corrected chi connectivity index (χ1v) is 8.72. The number of fused-ring (bicyclic) bond motifs is 3. The second kappa shape index (κ2) is 6.22. The Labute approximate surface area is 148 Å². The Kier molecular flexibility index (Phi) is 4.50. The standard InChI is InChI=1S/C20H26O5/c1-12(21)13-6-8-14(9-7-13)18(22)24-17-11-15-10-16(23-5)20(17,4)25-19(15,2)3/h6-9,15-17H,10-11H2,1-5H3. The van der Waals surface area contributed by atoms with Crippen LogP contribution in [0.15, 0.2) is 24.3 Å². The molecule has 5 nitrogen and oxygen atoms in total. The lowest BCUT2D eigenvalue weighted by atomic mass is 9.65. The monoisotopic (exact) mass is 346 g/mol. The van der Waals surface area contributed by atoms with Crippen LogP contribution in [-0.4, -0.2) is 42.3 Å². The Hall–Kier alpha value is -1.72. The molecule has 4 atom stereocenters. The lowest BCUT2D eigenvalue weighted by Gasteiger charge is -2.59. The first-order chi connectivity index (χ1) is 11.7. The molecule has 1 saturated carbocycles. The summed E-state index contributed by atoms with van der Waals surface area (Å²) in [4.78, 5) is 23.9. The second-order valence-electron chi connectivity index (χ2n) is 7.81. The van der Waals surface area contributed by atoms with Gasteiger partial charge >= 0.3 is 5.97 Å². The summed E-state index contributed by atoms with van der Waals surface area (Å²) in [5.74, 6) is -0.155. The average molecular weight is 346 g/mol. The molecule has 2 saturated heterocycles. The van der Waals surface area contributed by atoms with Gasteiger partial charge in [-0.05, 0) is 58.6 Å². The van der Waals surface area contributed by atoms with E-state index in [1.165, 1.54) is 6.92 Å². The van der Waals surface area contributed by atoms with Crippen LogP contribution in [0.2, 0.25) is 0 Å². The van der Waals surface area contributed by atoms with Gasteiger partial charge in [0.05, 0.1) is 17.3 Å². The number of esters is 1. The summed E-state index contributed by atoms with van der Waals surface area (Å²) in [6, 6.07) is 6.54. The Morgan fingerprint density at radius 3 is 2.16 bits per heavy atom. The van der Waals surface area contributed by atoms with Gasteiger partial charge in [-0.2, -0.15) is 0 Å². The third-order valence-corrected chi connectivity index (χ3v) is 5.80. The van der Waals surface area contributed by atoms with Gasteiger partial charge in [-0.1, -0.05) is 12.1 Å². The summed E-state index contributed by atoms with van der Waals surface area (Å²) >= 11 is 0. The number of ether oxygens (including phenoxy) is 3. The lowest BCUT2D eigenvalue weighted by Crippen LogP contribution is -2.69. The van der Waals surface area contributed by atoms with E-state index in [0.717, 1.165) is 12.8 Å². The van der Waals surface area contributed by atoms with Crippen molar-refractivity contribution in [3.05, 3.63) is 35.4 Å². The minimum absolute atomic E-state index is 0.0319. The van der Waals surface area contributed by atoms with Crippen molar-refractivity contribution in [2.75, 3.05) is 7.11 Å². The van der Waals surface area contributed by atoms with Crippen molar-refractivity contribution in [1.29, 1.82) is 0 Å². The van der Waals surface area contributed by atoms with E-state index < -0.39 is 11.6 Å². The van der Waals surface area contributed by atoms with Crippen LogP contribution in [0.4, 0.5) is 0 Å².